The third kappa shape index (κ3) is 3.52. The van der Waals surface area contributed by atoms with Crippen LogP contribution in [0.5, 0.6) is 0 Å². The highest BCUT2D eigenvalue weighted by molar-refractivity contribution is 6.14. The molecule has 0 aliphatic carbocycles. The van der Waals surface area contributed by atoms with E-state index in [1.54, 1.807) is 6.07 Å². The monoisotopic (exact) mass is 326 g/mol. The summed E-state index contributed by atoms with van der Waals surface area (Å²) in [6, 6.07) is 20.6. The van der Waals surface area contributed by atoms with Crippen molar-refractivity contribution in [3.63, 3.8) is 0 Å². The van der Waals surface area contributed by atoms with Gasteiger partial charge in [0.2, 0.25) is 0 Å². The topological polar surface area (TPSA) is 69.1 Å². The number of benzene rings is 3. The van der Waals surface area contributed by atoms with Gasteiger partial charge in [0.05, 0.1) is 6.04 Å². The van der Waals surface area contributed by atoms with Crippen LogP contribution in [0.2, 0.25) is 0 Å². The quantitative estimate of drug-likeness (QED) is 0.568. The zero-order valence-corrected chi connectivity index (χ0v) is 13.4. The van der Waals surface area contributed by atoms with E-state index >= 15 is 0 Å². The van der Waals surface area contributed by atoms with Gasteiger partial charge in [-0.15, -0.1) is 12.4 Å². The lowest BCUT2D eigenvalue weighted by molar-refractivity contribution is 0.0963. The summed E-state index contributed by atoms with van der Waals surface area (Å²) in [5, 5.41) is 1.85. The molecule has 3 nitrogen and oxygen atoms in total. The van der Waals surface area contributed by atoms with E-state index in [9.17, 15) is 4.79 Å². The Kier molecular flexibility index (Phi) is 5.37. The Balaban J connectivity index is 0.00000192. The molecule has 0 spiro atoms. The lowest BCUT2D eigenvalue weighted by Crippen LogP contribution is -2.33. The van der Waals surface area contributed by atoms with Crippen LogP contribution in [0, 0.1) is 0 Å². The number of ketones is 1. The average molecular weight is 327 g/mol. The van der Waals surface area contributed by atoms with Gasteiger partial charge in [-0.05, 0) is 28.8 Å². The summed E-state index contributed by atoms with van der Waals surface area (Å²) < 4.78 is 0. The molecule has 4 N–H and O–H groups in total. The van der Waals surface area contributed by atoms with E-state index in [1.165, 1.54) is 0 Å². The van der Waals surface area contributed by atoms with E-state index in [-0.39, 0.29) is 18.2 Å². The zero-order valence-electron chi connectivity index (χ0n) is 12.6. The molecule has 0 unspecified atom stereocenters. The fourth-order valence-corrected chi connectivity index (χ4v) is 2.71. The van der Waals surface area contributed by atoms with E-state index in [4.69, 9.17) is 11.5 Å². The molecule has 0 radical (unpaired) electrons. The molecule has 0 bridgehead atoms. The number of anilines is 1. The summed E-state index contributed by atoms with van der Waals surface area (Å²) >= 11 is 0. The second-order valence-corrected chi connectivity index (χ2v) is 5.41. The van der Waals surface area contributed by atoms with E-state index < -0.39 is 6.04 Å². The van der Waals surface area contributed by atoms with Crippen LogP contribution in [0.15, 0.2) is 66.7 Å². The van der Waals surface area contributed by atoms with Crippen molar-refractivity contribution in [2.24, 2.45) is 5.73 Å². The standard InChI is InChI=1S/C19H18N2O.ClH/c20-16-11-10-14-8-4-5-9-15(14)18(16)19(22)17(21)12-13-6-2-1-3-7-13;/h1-11,17H,12,20-21H2;1H/t17-;/m0./s1. The van der Waals surface area contributed by atoms with Crippen LogP contribution >= 0.6 is 12.4 Å². The molecule has 0 amide bonds. The fourth-order valence-electron chi connectivity index (χ4n) is 2.71. The van der Waals surface area contributed by atoms with E-state index in [2.05, 4.69) is 0 Å². The Bertz CT molecular complexity index is 818. The summed E-state index contributed by atoms with van der Waals surface area (Å²) in [6.07, 6.45) is 0.502. The van der Waals surface area contributed by atoms with E-state index in [0.29, 0.717) is 17.7 Å². The number of rotatable bonds is 4. The number of carbonyl (C=O) groups excluding carboxylic acids is 1. The smallest absolute Gasteiger partial charge is 0.182 e. The Labute approximate surface area is 141 Å². The molecule has 0 aliphatic heterocycles. The molecular formula is C19H19ClN2O. The van der Waals surface area contributed by atoms with Gasteiger partial charge in [0.1, 0.15) is 0 Å². The normalized spacial score (nSPS) is 11.7. The molecule has 23 heavy (non-hydrogen) atoms. The summed E-state index contributed by atoms with van der Waals surface area (Å²) in [5.41, 5.74) is 14.2. The Morgan fingerprint density at radius 3 is 2.30 bits per heavy atom. The number of nitrogens with two attached hydrogens (primary N) is 2. The van der Waals surface area contributed by atoms with Gasteiger partial charge in [0.15, 0.2) is 5.78 Å². The van der Waals surface area contributed by atoms with Gasteiger partial charge >= 0.3 is 0 Å². The van der Waals surface area contributed by atoms with Gasteiger partial charge in [-0.1, -0.05) is 60.7 Å². The van der Waals surface area contributed by atoms with Crippen molar-refractivity contribution in [3.05, 3.63) is 77.9 Å². The molecule has 3 aromatic carbocycles. The Morgan fingerprint density at radius 2 is 1.57 bits per heavy atom. The molecule has 3 aromatic rings. The first-order valence-electron chi connectivity index (χ1n) is 7.28. The third-order valence-corrected chi connectivity index (χ3v) is 3.84. The first-order valence-corrected chi connectivity index (χ1v) is 7.28. The van der Waals surface area contributed by atoms with Crippen molar-refractivity contribution in [2.75, 3.05) is 5.73 Å². The van der Waals surface area contributed by atoms with Crippen LogP contribution in [0.1, 0.15) is 15.9 Å². The van der Waals surface area contributed by atoms with Crippen molar-refractivity contribution < 1.29 is 4.79 Å². The molecule has 0 fully saturated rings. The van der Waals surface area contributed by atoms with Crippen molar-refractivity contribution in [2.45, 2.75) is 12.5 Å². The highest BCUT2D eigenvalue weighted by Crippen LogP contribution is 2.25. The minimum Gasteiger partial charge on any atom is -0.398 e. The molecule has 0 saturated heterocycles. The molecular weight excluding hydrogens is 308 g/mol. The number of nitrogen functional groups attached to an aromatic ring is 1. The van der Waals surface area contributed by atoms with Crippen LogP contribution in [0.25, 0.3) is 10.8 Å². The molecule has 0 heterocycles. The molecule has 3 rings (SSSR count). The van der Waals surface area contributed by atoms with Crippen LogP contribution in [0.3, 0.4) is 0 Å². The summed E-state index contributed by atoms with van der Waals surface area (Å²) in [5.74, 6) is -0.113. The number of halogens is 1. The summed E-state index contributed by atoms with van der Waals surface area (Å²) in [4.78, 5) is 12.8. The minimum atomic E-state index is -0.601. The second kappa shape index (κ2) is 7.27. The van der Waals surface area contributed by atoms with Crippen LogP contribution in [-0.4, -0.2) is 11.8 Å². The Hall–Kier alpha value is -2.36. The molecule has 0 aliphatic rings. The highest BCUT2D eigenvalue weighted by atomic mass is 35.5. The van der Waals surface area contributed by atoms with Crippen LogP contribution in [0.4, 0.5) is 5.69 Å². The van der Waals surface area contributed by atoms with Gasteiger partial charge in [0, 0.05) is 11.3 Å². The van der Waals surface area contributed by atoms with Crippen molar-refractivity contribution >= 4 is 34.7 Å². The highest BCUT2D eigenvalue weighted by Gasteiger charge is 2.20. The number of carbonyl (C=O) groups is 1. The van der Waals surface area contributed by atoms with Gasteiger partial charge in [-0.3, -0.25) is 4.79 Å². The van der Waals surface area contributed by atoms with E-state index in [1.807, 2.05) is 60.7 Å². The average Bonchev–Trinajstić information content (AvgIpc) is 2.55. The zero-order chi connectivity index (χ0) is 15.5. The molecule has 0 aromatic heterocycles. The van der Waals surface area contributed by atoms with Crippen molar-refractivity contribution in [1.29, 1.82) is 0 Å². The minimum absolute atomic E-state index is 0. The number of Topliss-reactive ketones (excluding diaryl/α,β-unsaturated/α-hetero) is 1. The molecule has 1 atom stereocenters. The summed E-state index contributed by atoms with van der Waals surface area (Å²) in [7, 11) is 0. The first kappa shape index (κ1) is 17.0. The summed E-state index contributed by atoms with van der Waals surface area (Å²) in [6.45, 7) is 0. The van der Waals surface area contributed by atoms with Gasteiger partial charge in [-0.25, -0.2) is 0 Å². The van der Waals surface area contributed by atoms with Crippen LogP contribution in [-0.2, 0) is 6.42 Å². The predicted molar refractivity (Wildman–Crippen MR) is 98.1 cm³/mol. The number of hydrogen-bond acceptors (Lipinski definition) is 3. The maximum Gasteiger partial charge on any atom is 0.182 e. The Morgan fingerprint density at radius 1 is 0.913 bits per heavy atom. The van der Waals surface area contributed by atoms with Gasteiger partial charge in [-0.2, -0.15) is 0 Å². The van der Waals surface area contributed by atoms with Crippen molar-refractivity contribution in [3.8, 4) is 0 Å². The van der Waals surface area contributed by atoms with Gasteiger partial charge in [0.25, 0.3) is 0 Å². The second-order valence-electron chi connectivity index (χ2n) is 5.41. The predicted octanol–water partition coefficient (Wildman–Crippen LogP) is 3.60. The lowest BCUT2D eigenvalue weighted by atomic mass is 9.93. The number of fused-ring (bicyclic) bond motifs is 1. The maximum absolute atomic E-state index is 12.8. The van der Waals surface area contributed by atoms with E-state index in [0.717, 1.165) is 16.3 Å². The van der Waals surface area contributed by atoms with Crippen molar-refractivity contribution in [1.82, 2.24) is 0 Å². The fraction of sp³-hybridized carbons (Fsp3) is 0.105. The first-order chi connectivity index (χ1) is 10.7. The van der Waals surface area contributed by atoms with Gasteiger partial charge < -0.3 is 11.5 Å². The molecule has 0 saturated carbocycles. The molecule has 4 heteroatoms. The largest absolute Gasteiger partial charge is 0.398 e. The third-order valence-electron chi connectivity index (χ3n) is 3.84. The maximum atomic E-state index is 12.8. The molecule has 118 valence electrons. The van der Waals surface area contributed by atoms with Crippen LogP contribution < -0.4 is 11.5 Å². The SMILES string of the molecule is Cl.Nc1ccc2ccccc2c1C(=O)[C@@H](N)Cc1ccccc1. The lowest BCUT2D eigenvalue weighted by Gasteiger charge is -2.14. The number of hydrogen-bond donors (Lipinski definition) is 2.